The molecule has 0 bridgehead atoms. The number of hydrogen-bond acceptors (Lipinski definition) is 4. The number of urea groups is 1. The quantitative estimate of drug-likeness (QED) is 0.728. The second kappa shape index (κ2) is 8.14. The van der Waals surface area contributed by atoms with Gasteiger partial charge in [-0.1, -0.05) is 12.8 Å². The van der Waals surface area contributed by atoms with Crippen LogP contribution in [0.4, 0.5) is 10.5 Å². The molecule has 2 fully saturated rings. The van der Waals surface area contributed by atoms with E-state index in [1.807, 2.05) is 0 Å². The number of amides is 3. The zero-order valence-electron chi connectivity index (χ0n) is 13.8. The Bertz CT molecular complexity index is 562. The molecule has 8 heteroatoms. The van der Waals surface area contributed by atoms with Crippen molar-refractivity contribution in [1.29, 1.82) is 0 Å². The van der Waals surface area contributed by atoms with E-state index in [9.17, 15) is 9.59 Å². The molecule has 1 aliphatic carbocycles. The number of carbonyl (C=O) groups is 2. The minimum Gasteiger partial charge on any atom is -0.376 e. The molecule has 132 valence electrons. The highest BCUT2D eigenvalue weighted by Crippen LogP contribution is 2.17. The molecule has 0 unspecified atom stereocenters. The molecule has 1 aromatic heterocycles. The molecule has 2 heterocycles. The lowest BCUT2D eigenvalue weighted by atomic mass is 10.2. The Morgan fingerprint density at radius 2 is 2.08 bits per heavy atom. The number of nitrogens with zero attached hydrogens (tertiary/aromatic N) is 2. The summed E-state index contributed by atoms with van der Waals surface area (Å²) in [6, 6.07) is 0.00898. The van der Waals surface area contributed by atoms with E-state index >= 15 is 0 Å². The molecule has 0 aromatic carbocycles. The molecule has 1 aromatic rings. The summed E-state index contributed by atoms with van der Waals surface area (Å²) in [4.78, 5) is 23.8. The highest BCUT2D eigenvalue weighted by atomic mass is 16.5. The van der Waals surface area contributed by atoms with Gasteiger partial charge in [0.05, 0.1) is 18.0 Å². The van der Waals surface area contributed by atoms with E-state index < -0.39 is 0 Å². The third kappa shape index (κ3) is 4.95. The first kappa shape index (κ1) is 16.8. The van der Waals surface area contributed by atoms with Crippen LogP contribution in [0.25, 0.3) is 0 Å². The molecule has 1 saturated heterocycles. The zero-order chi connectivity index (χ0) is 16.8. The number of rotatable bonds is 6. The van der Waals surface area contributed by atoms with Gasteiger partial charge in [-0.15, -0.1) is 0 Å². The lowest BCUT2D eigenvalue weighted by molar-refractivity contribution is -0.122. The van der Waals surface area contributed by atoms with Crippen LogP contribution in [0.5, 0.6) is 0 Å². The SMILES string of the molecule is O=C(Cn1cc(NC(=O)NC[C@@H]2CCCO2)cn1)NC1CCCC1. The molecule has 3 rings (SSSR count). The normalized spacial score (nSPS) is 20.9. The van der Waals surface area contributed by atoms with Crippen LogP contribution < -0.4 is 16.0 Å². The van der Waals surface area contributed by atoms with Crippen molar-refractivity contribution < 1.29 is 14.3 Å². The maximum atomic E-state index is 12.0. The first-order valence-electron chi connectivity index (χ1n) is 8.67. The number of nitrogens with one attached hydrogen (secondary N) is 3. The summed E-state index contributed by atoms with van der Waals surface area (Å²) < 4.78 is 6.98. The predicted molar refractivity (Wildman–Crippen MR) is 88.6 cm³/mol. The van der Waals surface area contributed by atoms with Crippen molar-refractivity contribution in [2.24, 2.45) is 0 Å². The van der Waals surface area contributed by atoms with Crippen molar-refractivity contribution in [3.63, 3.8) is 0 Å². The fraction of sp³-hybridized carbons (Fsp3) is 0.688. The fourth-order valence-electron chi connectivity index (χ4n) is 3.19. The summed E-state index contributed by atoms with van der Waals surface area (Å²) >= 11 is 0. The molecule has 3 N–H and O–H groups in total. The van der Waals surface area contributed by atoms with E-state index in [0.717, 1.165) is 32.3 Å². The molecule has 8 nitrogen and oxygen atoms in total. The van der Waals surface area contributed by atoms with Crippen LogP contribution in [-0.4, -0.2) is 47.0 Å². The van der Waals surface area contributed by atoms with Crippen molar-refractivity contribution in [2.45, 2.75) is 57.2 Å². The van der Waals surface area contributed by atoms with E-state index in [1.165, 1.54) is 23.7 Å². The molecule has 24 heavy (non-hydrogen) atoms. The van der Waals surface area contributed by atoms with Crippen LogP contribution in [-0.2, 0) is 16.1 Å². The van der Waals surface area contributed by atoms with Crippen LogP contribution in [0.3, 0.4) is 0 Å². The second-order valence-electron chi connectivity index (χ2n) is 6.45. The molecule has 0 spiro atoms. The van der Waals surface area contributed by atoms with Crippen molar-refractivity contribution in [3.05, 3.63) is 12.4 Å². The van der Waals surface area contributed by atoms with Gasteiger partial charge in [-0.05, 0) is 25.7 Å². The summed E-state index contributed by atoms with van der Waals surface area (Å²) in [7, 11) is 0. The summed E-state index contributed by atoms with van der Waals surface area (Å²) in [6.45, 7) is 1.43. The van der Waals surface area contributed by atoms with Crippen molar-refractivity contribution in [3.8, 4) is 0 Å². The van der Waals surface area contributed by atoms with Gasteiger partial charge in [-0.2, -0.15) is 5.10 Å². The van der Waals surface area contributed by atoms with E-state index in [-0.39, 0.29) is 24.6 Å². The lowest BCUT2D eigenvalue weighted by Gasteiger charge is -2.11. The predicted octanol–water partition coefficient (Wildman–Crippen LogP) is 1.24. The summed E-state index contributed by atoms with van der Waals surface area (Å²) in [6.07, 6.45) is 9.80. The minimum absolute atomic E-state index is 0.0422. The van der Waals surface area contributed by atoms with Gasteiger partial charge in [-0.3, -0.25) is 9.48 Å². The Hall–Kier alpha value is -2.09. The Morgan fingerprint density at radius 1 is 1.25 bits per heavy atom. The standard InChI is InChI=1S/C16H25N5O3/c22-15(19-12-4-1-2-5-12)11-21-10-13(8-18-21)20-16(23)17-9-14-6-3-7-24-14/h8,10,12,14H,1-7,9,11H2,(H,19,22)(H2,17,20,23)/t14-/m0/s1. The van der Waals surface area contributed by atoms with E-state index in [2.05, 4.69) is 21.0 Å². The van der Waals surface area contributed by atoms with Crippen LogP contribution in [0.1, 0.15) is 38.5 Å². The first-order valence-corrected chi connectivity index (χ1v) is 8.67. The molecule has 2 aliphatic rings. The number of aromatic nitrogens is 2. The minimum atomic E-state index is -0.291. The fourth-order valence-corrected chi connectivity index (χ4v) is 3.19. The van der Waals surface area contributed by atoms with Crippen LogP contribution >= 0.6 is 0 Å². The highest BCUT2D eigenvalue weighted by molar-refractivity contribution is 5.88. The van der Waals surface area contributed by atoms with Crippen molar-refractivity contribution in [1.82, 2.24) is 20.4 Å². The van der Waals surface area contributed by atoms with Gasteiger partial charge >= 0.3 is 6.03 Å². The molecular formula is C16H25N5O3. The Balaban J connectivity index is 1.39. The Kier molecular flexibility index (Phi) is 5.68. The topological polar surface area (TPSA) is 97.3 Å². The van der Waals surface area contributed by atoms with Crippen LogP contribution in [0.2, 0.25) is 0 Å². The number of hydrogen-bond donors (Lipinski definition) is 3. The van der Waals surface area contributed by atoms with E-state index in [1.54, 1.807) is 6.20 Å². The molecule has 1 aliphatic heterocycles. The summed E-state index contributed by atoms with van der Waals surface area (Å²) in [5, 5.41) is 12.6. The van der Waals surface area contributed by atoms with E-state index in [4.69, 9.17) is 4.74 Å². The number of ether oxygens (including phenoxy) is 1. The molecule has 1 atom stereocenters. The Labute approximate surface area is 141 Å². The zero-order valence-corrected chi connectivity index (χ0v) is 13.8. The van der Waals surface area contributed by atoms with Gasteiger partial charge in [0, 0.05) is 25.4 Å². The largest absolute Gasteiger partial charge is 0.376 e. The first-order chi connectivity index (χ1) is 11.7. The van der Waals surface area contributed by atoms with Gasteiger partial charge in [0.15, 0.2) is 0 Å². The maximum absolute atomic E-state index is 12.0. The molecular weight excluding hydrogens is 310 g/mol. The smallest absolute Gasteiger partial charge is 0.319 e. The average Bonchev–Trinajstić information content (AvgIpc) is 3.28. The van der Waals surface area contributed by atoms with Gasteiger partial charge in [0.25, 0.3) is 0 Å². The average molecular weight is 335 g/mol. The van der Waals surface area contributed by atoms with Gasteiger partial charge in [-0.25, -0.2) is 4.79 Å². The van der Waals surface area contributed by atoms with E-state index in [0.29, 0.717) is 18.3 Å². The van der Waals surface area contributed by atoms with Gasteiger partial charge in [0.1, 0.15) is 6.54 Å². The number of carbonyl (C=O) groups excluding carboxylic acids is 2. The molecule has 1 saturated carbocycles. The van der Waals surface area contributed by atoms with Gasteiger partial charge in [0.2, 0.25) is 5.91 Å². The highest BCUT2D eigenvalue weighted by Gasteiger charge is 2.18. The number of anilines is 1. The third-order valence-electron chi connectivity index (χ3n) is 4.43. The third-order valence-corrected chi connectivity index (χ3v) is 4.43. The second-order valence-corrected chi connectivity index (χ2v) is 6.45. The van der Waals surface area contributed by atoms with Gasteiger partial charge < -0.3 is 20.7 Å². The maximum Gasteiger partial charge on any atom is 0.319 e. The van der Waals surface area contributed by atoms with Crippen molar-refractivity contribution >= 4 is 17.6 Å². The summed E-state index contributed by atoms with van der Waals surface area (Å²) in [5.74, 6) is -0.0422. The van der Waals surface area contributed by atoms with Crippen LogP contribution in [0, 0.1) is 0 Å². The molecule has 0 radical (unpaired) electrons. The van der Waals surface area contributed by atoms with Crippen molar-refractivity contribution in [2.75, 3.05) is 18.5 Å². The molecule has 3 amide bonds. The Morgan fingerprint density at radius 3 is 2.83 bits per heavy atom. The van der Waals surface area contributed by atoms with Crippen LogP contribution in [0.15, 0.2) is 12.4 Å². The lowest BCUT2D eigenvalue weighted by Crippen LogP contribution is -2.35. The monoisotopic (exact) mass is 335 g/mol. The summed E-state index contributed by atoms with van der Waals surface area (Å²) in [5.41, 5.74) is 0.563.